The minimum atomic E-state index is -0.174. The van der Waals surface area contributed by atoms with Crippen molar-refractivity contribution in [3.8, 4) is 5.75 Å². The van der Waals surface area contributed by atoms with Crippen molar-refractivity contribution in [2.24, 2.45) is 4.99 Å². The monoisotopic (exact) mass is 331 g/mol. The van der Waals surface area contributed by atoms with Crippen LogP contribution in [0.5, 0.6) is 5.75 Å². The number of amides is 1. The van der Waals surface area contributed by atoms with Crippen molar-refractivity contribution in [2.75, 3.05) is 32.6 Å². The molecule has 0 saturated carbocycles. The van der Waals surface area contributed by atoms with Crippen LogP contribution in [-0.2, 0) is 9.53 Å². The molecular formula is C18H25N3O3. The van der Waals surface area contributed by atoms with Crippen LogP contribution in [0.25, 0.3) is 6.08 Å². The second-order valence-corrected chi connectivity index (χ2v) is 5.99. The lowest BCUT2D eigenvalue weighted by atomic mass is 10.1. The average molecular weight is 331 g/mol. The molecule has 1 fully saturated rings. The fraction of sp³-hybridized carbons (Fsp3) is 0.444. The summed E-state index contributed by atoms with van der Waals surface area (Å²) in [6.45, 7) is 6.31. The fourth-order valence-corrected chi connectivity index (χ4v) is 2.41. The number of hydrogen-bond donors (Lipinski definition) is 0. The Kier molecular flexibility index (Phi) is 5.49. The molecule has 1 heterocycles. The van der Waals surface area contributed by atoms with E-state index in [0.29, 0.717) is 12.6 Å². The van der Waals surface area contributed by atoms with E-state index in [0.717, 1.165) is 17.0 Å². The first-order valence-corrected chi connectivity index (χ1v) is 8.02. The van der Waals surface area contributed by atoms with E-state index in [2.05, 4.69) is 4.99 Å². The highest BCUT2D eigenvalue weighted by molar-refractivity contribution is 6.11. The van der Waals surface area contributed by atoms with Gasteiger partial charge in [0.2, 0.25) is 0 Å². The van der Waals surface area contributed by atoms with Gasteiger partial charge >= 0.3 is 6.02 Å². The maximum Gasteiger partial charge on any atom is 0.300 e. The van der Waals surface area contributed by atoms with Gasteiger partial charge in [-0.1, -0.05) is 6.07 Å². The summed E-state index contributed by atoms with van der Waals surface area (Å²) in [6.07, 6.45) is 1.72. The lowest BCUT2D eigenvalue weighted by Gasteiger charge is -2.16. The molecule has 24 heavy (non-hydrogen) atoms. The minimum Gasteiger partial charge on any atom is -0.495 e. The SMILES string of the molecule is CCN1C(=O)C(=Cc2ccc(N(C)C)c(OC)c2)OC1=NC(C)C. The number of hydrogen-bond acceptors (Lipinski definition) is 5. The standard InChI is InChI=1S/C18H25N3O3/c1-7-21-17(22)16(24-18(21)19-12(2)3)11-13-8-9-14(20(4)5)15(10-13)23-6/h8-12H,7H2,1-6H3. The Morgan fingerprint density at radius 1 is 1.38 bits per heavy atom. The number of anilines is 1. The maximum atomic E-state index is 12.5. The lowest BCUT2D eigenvalue weighted by molar-refractivity contribution is -0.122. The smallest absolute Gasteiger partial charge is 0.300 e. The summed E-state index contributed by atoms with van der Waals surface area (Å²) in [4.78, 5) is 20.4. The van der Waals surface area contributed by atoms with Crippen LogP contribution >= 0.6 is 0 Å². The van der Waals surface area contributed by atoms with E-state index < -0.39 is 0 Å². The van der Waals surface area contributed by atoms with Crippen LogP contribution in [-0.4, -0.2) is 50.6 Å². The molecule has 0 aliphatic carbocycles. The molecule has 0 unspecified atom stereocenters. The van der Waals surface area contributed by atoms with Crippen LogP contribution in [0.15, 0.2) is 29.0 Å². The predicted molar refractivity (Wildman–Crippen MR) is 96.3 cm³/mol. The van der Waals surface area contributed by atoms with Crippen LogP contribution in [0.2, 0.25) is 0 Å². The van der Waals surface area contributed by atoms with Gasteiger partial charge in [0.05, 0.1) is 12.8 Å². The van der Waals surface area contributed by atoms with Crippen LogP contribution in [0.3, 0.4) is 0 Å². The Labute approximate surface area is 143 Å². The Morgan fingerprint density at radius 3 is 2.62 bits per heavy atom. The van der Waals surface area contributed by atoms with Crippen molar-refractivity contribution < 1.29 is 14.3 Å². The quantitative estimate of drug-likeness (QED) is 0.779. The number of nitrogens with zero attached hydrogens (tertiary/aromatic N) is 3. The highest BCUT2D eigenvalue weighted by Crippen LogP contribution is 2.29. The third kappa shape index (κ3) is 3.69. The van der Waals surface area contributed by atoms with E-state index in [-0.39, 0.29) is 17.7 Å². The third-order valence-corrected chi connectivity index (χ3v) is 3.56. The summed E-state index contributed by atoms with van der Waals surface area (Å²) in [6, 6.07) is 6.18. The van der Waals surface area contributed by atoms with E-state index in [9.17, 15) is 4.79 Å². The van der Waals surface area contributed by atoms with Crippen molar-refractivity contribution in [2.45, 2.75) is 26.8 Å². The van der Waals surface area contributed by atoms with Crippen molar-refractivity contribution in [3.63, 3.8) is 0 Å². The van der Waals surface area contributed by atoms with Gasteiger partial charge in [0, 0.05) is 26.7 Å². The van der Waals surface area contributed by atoms with E-state index in [1.54, 1.807) is 13.2 Å². The molecule has 2 rings (SSSR count). The zero-order valence-corrected chi connectivity index (χ0v) is 15.2. The number of aliphatic imine (C=N–C) groups is 1. The van der Waals surface area contributed by atoms with Crippen LogP contribution in [0.4, 0.5) is 5.69 Å². The van der Waals surface area contributed by atoms with Gasteiger partial charge in [-0.3, -0.25) is 9.69 Å². The number of amidine groups is 1. The number of carbonyl (C=O) groups excluding carboxylic acids is 1. The van der Waals surface area contributed by atoms with E-state index in [4.69, 9.17) is 9.47 Å². The molecule has 1 aliphatic heterocycles. The number of methoxy groups -OCH3 is 1. The molecule has 0 N–H and O–H groups in total. The molecule has 1 saturated heterocycles. The molecule has 0 aromatic heterocycles. The van der Waals surface area contributed by atoms with Gasteiger partial charge in [0.15, 0.2) is 5.76 Å². The molecule has 1 aromatic rings. The molecule has 6 heteroatoms. The summed E-state index contributed by atoms with van der Waals surface area (Å²) in [7, 11) is 5.53. The first kappa shape index (κ1) is 17.8. The van der Waals surface area contributed by atoms with E-state index in [1.165, 1.54) is 4.90 Å². The summed E-state index contributed by atoms with van der Waals surface area (Å²) in [5, 5.41) is 0. The Morgan fingerprint density at radius 2 is 2.08 bits per heavy atom. The first-order chi connectivity index (χ1) is 11.4. The summed E-state index contributed by atoms with van der Waals surface area (Å²) in [5.41, 5.74) is 1.80. The number of ether oxygens (including phenoxy) is 2. The molecule has 1 amide bonds. The van der Waals surface area contributed by atoms with Crippen molar-refractivity contribution in [3.05, 3.63) is 29.5 Å². The summed E-state index contributed by atoms with van der Waals surface area (Å²) in [5.74, 6) is 0.840. The fourth-order valence-electron chi connectivity index (χ4n) is 2.41. The topological polar surface area (TPSA) is 54.4 Å². The van der Waals surface area contributed by atoms with Gasteiger partial charge in [0.1, 0.15) is 5.75 Å². The van der Waals surface area contributed by atoms with Gasteiger partial charge in [-0.05, 0) is 44.5 Å². The van der Waals surface area contributed by atoms with Crippen LogP contribution in [0.1, 0.15) is 26.3 Å². The van der Waals surface area contributed by atoms with Gasteiger partial charge in [0.25, 0.3) is 5.91 Å². The van der Waals surface area contributed by atoms with Gasteiger partial charge < -0.3 is 14.4 Å². The predicted octanol–water partition coefficient (Wildman–Crippen LogP) is 2.75. The van der Waals surface area contributed by atoms with E-state index >= 15 is 0 Å². The number of carbonyl (C=O) groups is 1. The highest BCUT2D eigenvalue weighted by Gasteiger charge is 2.33. The van der Waals surface area contributed by atoms with Crippen molar-refractivity contribution >= 4 is 23.7 Å². The lowest BCUT2D eigenvalue weighted by Crippen LogP contribution is -2.30. The molecule has 6 nitrogen and oxygen atoms in total. The van der Waals surface area contributed by atoms with Crippen LogP contribution in [0, 0.1) is 0 Å². The molecular weight excluding hydrogens is 306 g/mol. The molecule has 0 bridgehead atoms. The summed E-state index contributed by atoms with van der Waals surface area (Å²) >= 11 is 0. The van der Waals surface area contributed by atoms with Crippen LogP contribution < -0.4 is 9.64 Å². The number of rotatable bonds is 5. The molecule has 0 atom stereocenters. The van der Waals surface area contributed by atoms with Crippen molar-refractivity contribution in [1.29, 1.82) is 0 Å². The Balaban J connectivity index is 2.36. The average Bonchev–Trinajstić information content (AvgIpc) is 2.81. The highest BCUT2D eigenvalue weighted by atomic mass is 16.5. The van der Waals surface area contributed by atoms with Gasteiger partial charge in [-0.15, -0.1) is 0 Å². The minimum absolute atomic E-state index is 0.0562. The zero-order valence-electron chi connectivity index (χ0n) is 15.2. The van der Waals surface area contributed by atoms with Gasteiger partial charge in [-0.25, -0.2) is 4.99 Å². The Hall–Kier alpha value is -2.50. The van der Waals surface area contributed by atoms with Crippen molar-refractivity contribution in [1.82, 2.24) is 4.90 Å². The molecule has 130 valence electrons. The second-order valence-electron chi connectivity index (χ2n) is 5.99. The zero-order chi connectivity index (χ0) is 17.9. The molecule has 1 aromatic carbocycles. The maximum absolute atomic E-state index is 12.5. The Bertz CT molecular complexity index is 678. The summed E-state index contributed by atoms with van der Waals surface area (Å²) < 4.78 is 11.1. The molecule has 1 aliphatic rings. The number of likely N-dealkylation sites (N-methyl/N-ethyl adjacent to an activating group) is 1. The number of benzene rings is 1. The van der Waals surface area contributed by atoms with Gasteiger partial charge in [-0.2, -0.15) is 0 Å². The molecule has 0 spiro atoms. The van der Waals surface area contributed by atoms with E-state index in [1.807, 2.05) is 58.0 Å². The second kappa shape index (κ2) is 7.38. The first-order valence-electron chi connectivity index (χ1n) is 8.02. The third-order valence-electron chi connectivity index (χ3n) is 3.56. The normalized spacial score (nSPS) is 17.8. The largest absolute Gasteiger partial charge is 0.495 e. The molecule has 0 radical (unpaired) electrons.